The van der Waals surface area contributed by atoms with Gasteiger partial charge in [-0.05, 0) is 37.1 Å². The van der Waals surface area contributed by atoms with E-state index in [0.717, 1.165) is 12.8 Å². The summed E-state index contributed by atoms with van der Waals surface area (Å²) >= 11 is 0. The van der Waals surface area contributed by atoms with Crippen molar-refractivity contribution >= 4 is 5.91 Å². The van der Waals surface area contributed by atoms with Crippen molar-refractivity contribution in [1.29, 1.82) is 0 Å². The average Bonchev–Trinajstić information content (AvgIpc) is 3.33. The van der Waals surface area contributed by atoms with Gasteiger partial charge in [0.2, 0.25) is 5.75 Å². The number of benzene rings is 1. The summed E-state index contributed by atoms with van der Waals surface area (Å²) in [5.74, 6) is 2.47. The van der Waals surface area contributed by atoms with E-state index in [1.165, 1.54) is 21.3 Å². The SMILES string of the molecule is COc1cc(C(=O)N2CCC(c3noc(-c4ccccn4)n3)CC2)cc(OC)c1OC. The Morgan fingerprint density at radius 2 is 1.77 bits per heavy atom. The topological polar surface area (TPSA) is 99.8 Å². The quantitative estimate of drug-likeness (QED) is 0.595. The van der Waals surface area contributed by atoms with Crippen LogP contribution in [0.4, 0.5) is 0 Å². The third-order valence-electron chi connectivity index (χ3n) is 5.38. The molecule has 9 nitrogen and oxygen atoms in total. The molecule has 162 valence electrons. The zero-order chi connectivity index (χ0) is 21.8. The largest absolute Gasteiger partial charge is 0.493 e. The molecule has 1 saturated heterocycles. The number of ether oxygens (including phenoxy) is 3. The van der Waals surface area contributed by atoms with Crippen molar-refractivity contribution in [2.75, 3.05) is 34.4 Å². The Bertz CT molecular complexity index is 1020. The van der Waals surface area contributed by atoms with Crippen LogP contribution in [-0.2, 0) is 0 Å². The van der Waals surface area contributed by atoms with Crippen LogP contribution in [0.25, 0.3) is 11.6 Å². The first-order valence-electron chi connectivity index (χ1n) is 9.99. The van der Waals surface area contributed by atoms with E-state index in [-0.39, 0.29) is 11.8 Å². The molecular formula is C22H24N4O5. The van der Waals surface area contributed by atoms with Crippen molar-refractivity contribution in [1.82, 2.24) is 20.0 Å². The molecule has 0 bridgehead atoms. The maximum absolute atomic E-state index is 13.1. The molecule has 1 aliphatic heterocycles. The summed E-state index contributed by atoms with van der Waals surface area (Å²) in [5.41, 5.74) is 1.14. The van der Waals surface area contributed by atoms with Gasteiger partial charge in [0.1, 0.15) is 5.69 Å². The van der Waals surface area contributed by atoms with Crippen LogP contribution >= 0.6 is 0 Å². The summed E-state index contributed by atoms with van der Waals surface area (Å²) in [6.07, 6.45) is 3.18. The zero-order valence-electron chi connectivity index (χ0n) is 17.7. The summed E-state index contributed by atoms with van der Waals surface area (Å²) in [4.78, 5) is 23.6. The number of carbonyl (C=O) groups is 1. The predicted octanol–water partition coefficient (Wildman–Crippen LogP) is 3.18. The van der Waals surface area contributed by atoms with Crippen molar-refractivity contribution in [2.45, 2.75) is 18.8 Å². The third-order valence-corrected chi connectivity index (χ3v) is 5.38. The molecule has 0 spiro atoms. The van der Waals surface area contributed by atoms with Crippen molar-refractivity contribution in [3.63, 3.8) is 0 Å². The van der Waals surface area contributed by atoms with E-state index in [1.807, 2.05) is 23.1 Å². The van der Waals surface area contributed by atoms with Gasteiger partial charge in [-0.25, -0.2) is 0 Å². The second-order valence-corrected chi connectivity index (χ2v) is 7.15. The second kappa shape index (κ2) is 9.03. The highest BCUT2D eigenvalue weighted by atomic mass is 16.5. The van der Waals surface area contributed by atoms with Crippen LogP contribution in [-0.4, -0.2) is 60.4 Å². The average molecular weight is 424 g/mol. The number of hydrogen-bond acceptors (Lipinski definition) is 8. The Morgan fingerprint density at radius 1 is 1.06 bits per heavy atom. The fourth-order valence-electron chi connectivity index (χ4n) is 3.72. The monoisotopic (exact) mass is 424 g/mol. The Morgan fingerprint density at radius 3 is 2.35 bits per heavy atom. The first kappa shape index (κ1) is 20.6. The molecule has 1 aliphatic rings. The molecule has 0 aliphatic carbocycles. The van der Waals surface area contributed by atoms with E-state index in [4.69, 9.17) is 18.7 Å². The van der Waals surface area contributed by atoms with E-state index in [9.17, 15) is 4.79 Å². The number of hydrogen-bond donors (Lipinski definition) is 0. The lowest BCUT2D eigenvalue weighted by atomic mass is 9.95. The lowest BCUT2D eigenvalue weighted by molar-refractivity contribution is 0.0709. The van der Waals surface area contributed by atoms with Gasteiger partial charge in [0.25, 0.3) is 11.8 Å². The van der Waals surface area contributed by atoms with Crippen LogP contribution in [0.2, 0.25) is 0 Å². The lowest BCUT2D eigenvalue weighted by Crippen LogP contribution is -2.38. The van der Waals surface area contributed by atoms with Gasteiger partial charge in [0.05, 0.1) is 21.3 Å². The van der Waals surface area contributed by atoms with Gasteiger partial charge in [-0.2, -0.15) is 4.98 Å². The molecule has 2 aromatic heterocycles. The molecule has 31 heavy (non-hydrogen) atoms. The lowest BCUT2D eigenvalue weighted by Gasteiger charge is -2.31. The normalized spacial score (nSPS) is 14.4. The van der Waals surface area contributed by atoms with Gasteiger partial charge < -0.3 is 23.6 Å². The minimum absolute atomic E-state index is 0.0833. The van der Waals surface area contributed by atoms with E-state index in [2.05, 4.69) is 15.1 Å². The van der Waals surface area contributed by atoms with E-state index in [1.54, 1.807) is 18.3 Å². The fourth-order valence-corrected chi connectivity index (χ4v) is 3.72. The first-order valence-corrected chi connectivity index (χ1v) is 9.99. The van der Waals surface area contributed by atoms with Crippen LogP contribution in [0.1, 0.15) is 34.9 Å². The molecule has 1 aromatic carbocycles. The smallest absolute Gasteiger partial charge is 0.276 e. The molecule has 3 heterocycles. The Kier molecular flexibility index (Phi) is 6.01. The van der Waals surface area contributed by atoms with Gasteiger partial charge in [0, 0.05) is 30.8 Å². The molecule has 1 amide bonds. The third kappa shape index (κ3) is 4.16. The highest BCUT2D eigenvalue weighted by molar-refractivity contribution is 5.95. The zero-order valence-corrected chi connectivity index (χ0v) is 17.7. The minimum atomic E-state index is -0.0833. The van der Waals surface area contributed by atoms with Gasteiger partial charge >= 0.3 is 0 Å². The predicted molar refractivity (Wildman–Crippen MR) is 112 cm³/mol. The Balaban J connectivity index is 1.44. The number of likely N-dealkylation sites (tertiary alicyclic amines) is 1. The summed E-state index contributed by atoms with van der Waals surface area (Å²) in [5, 5.41) is 4.13. The number of nitrogens with zero attached hydrogens (tertiary/aromatic N) is 4. The number of pyridine rings is 1. The molecule has 1 fully saturated rings. The number of methoxy groups -OCH3 is 3. The van der Waals surface area contributed by atoms with Crippen LogP contribution in [0.3, 0.4) is 0 Å². The maximum Gasteiger partial charge on any atom is 0.276 e. The van der Waals surface area contributed by atoms with Crippen molar-refractivity contribution in [3.8, 4) is 28.8 Å². The standard InChI is InChI=1S/C22H24N4O5/c1-28-17-12-15(13-18(29-2)19(17)30-3)22(27)26-10-7-14(8-11-26)20-24-21(31-25-20)16-6-4-5-9-23-16/h4-6,9,12-14H,7-8,10-11H2,1-3H3. The molecule has 0 atom stereocenters. The van der Waals surface area contributed by atoms with Crippen molar-refractivity contribution < 1.29 is 23.5 Å². The number of piperidine rings is 1. The molecular weight excluding hydrogens is 400 g/mol. The summed E-state index contributed by atoms with van der Waals surface area (Å²) in [6, 6.07) is 8.89. The Labute approximate surface area is 179 Å². The van der Waals surface area contributed by atoms with Crippen molar-refractivity contribution in [2.24, 2.45) is 0 Å². The number of carbonyl (C=O) groups excluding carboxylic acids is 1. The Hall–Kier alpha value is -3.62. The summed E-state index contributed by atoms with van der Waals surface area (Å²) in [7, 11) is 4.59. The second-order valence-electron chi connectivity index (χ2n) is 7.15. The summed E-state index contributed by atoms with van der Waals surface area (Å²) in [6.45, 7) is 1.18. The van der Waals surface area contributed by atoms with Gasteiger partial charge in [-0.1, -0.05) is 11.2 Å². The van der Waals surface area contributed by atoms with Crippen LogP contribution in [0, 0.1) is 0 Å². The molecule has 0 radical (unpaired) electrons. The first-order chi connectivity index (χ1) is 15.1. The van der Waals surface area contributed by atoms with E-state index < -0.39 is 0 Å². The van der Waals surface area contributed by atoms with E-state index >= 15 is 0 Å². The van der Waals surface area contributed by atoms with Crippen LogP contribution in [0.15, 0.2) is 41.1 Å². The van der Waals surface area contributed by atoms with Crippen molar-refractivity contribution in [3.05, 3.63) is 47.9 Å². The molecule has 0 N–H and O–H groups in total. The molecule has 3 aromatic rings. The highest BCUT2D eigenvalue weighted by Crippen LogP contribution is 2.39. The van der Waals surface area contributed by atoms with E-state index in [0.29, 0.717) is 53.3 Å². The molecule has 9 heteroatoms. The van der Waals surface area contributed by atoms with Gasteiger partial charge in [-0.3, -0.25) is 9.78 Å². The van der Waals surface area contributed by atoms with Gasteiger partial charge in [-0.15, -0.1) is 0 Å². The summed E-state index contributed by atoms with van der Waals surface area (Å²) < 4.78 is 21.4. The van der Waals surface area contributed by atoms with Crippen LogP contribution < -0.4 is 14.2 Å². The fraction of sp³-hybridized carbons (Fsp3) is 0.364. The highest BCUT2D eigenvalue weighted by Gasteiger charge is 2.29. The number of rotatable bonds is 6. The van der Waals surface area contributed by atoms with Crippen LogP contribution in [0.5, 0.6) is 17.2 Å². The minimum Gasteiger partial charge on any atom is -0.493 e. The molecule has 0 saturated carbocycles. The number of amides is 1. The molecule has 0 unspecified atom stereocenters. The number of aromatic nitrogens is 3. The van der Waals surface area contributed by atoms with Gasteiger partial charge in [0.15, 0.2) is 17.3 Å². The maximum atomic E-state index is 13.1. The molecule has 4 rings (SSSR count).